The van der Waals surface area contributed by atoms with Crippen LogP contribution in [-0.4, -0.2) is 40.3 Å². The van der Waals surface area contributed by atoms with Crippen molar-refractivity contribution in [2.75, 3.05) is 13.2 Å². The maximum Gasteiger partial charge on any atom is 0.219 e. The van der Waals surface area contributed by atoms with Crippen molar-refractivity contribution in [1.29, 1.82) is 0 Å². The molecule has 4 rings (SSSR count). The van der Waals surface area contributed by atoms with E-state index in [2.05, 4.69) is 57.1 Å². The highest BCUT2D eigenvalue weighted by Crippen LogP contribution is 2.38. The number of hydrogen-bond acceptors (Lipinski definition) is 3. The Labute approximate surface area is 148 Å². The van der Waals surface area contributed by atoms with Gasteiger partial charge in [0.15, 0.2) is 0 Å². The van der Waals surface area contributed by atoms with Gasteiger partial charge in [-0.05, 0) is 40.3 Å². The highest BCUT2D eigenvalue weighted by molar-refractivity contribution is 14.1. The number of fused-ring (bicyclic) bond motifs is 1. The van der Waals surface area contributed by atoms with Crippen molar-refractivity contribution in [2.24, 2.45) is 0 Å². The maximum absolute atomic E-state index is 11.7. The van der Waals surface area contributed by atoms with Gasteiger partial charge in [0, 0.05) is 41.3 Å². The zero-order valence-corrected chi connectivity index (χ0v) is 15.0. The minimum atomic E-state index is 0.122. The fourth-order valence-electron chi connectivity index (χ4n) is 3.31. The van der Waals surface area contributed by atoms with Crippen LogP contribution in [0.25, 0.3) is 0 Å². The first-order chi connectivity index (χ1) is 11.1. The number of benzene rings is 1. The predicted octanol–water partition coefficient (Wildman–Crippen LogP) is 2.45. The molecule has 5 nitrogen and oxygen atoms in total. The van der Waals surface area contributed by atoms with Gasteiger partial charge in [0.05, 0.1) is 24.3 Å². The Kier molecular flexibility index (Phi) is 3.88. The molecular formula is C17H18IN3O2. The number of hydrogen-bond donors (Lipinski definition) is 1. The summed E-state index contributed by atoms with van der Waals surface area (Å²) >= 11 is 2.31. The number of carbonyl (C=O) groups is 1. The normalized spacial score (nSPS) is 21.0. The van der Waals surface area contributed by atoms with Crippen molar-refractivity contribution >= 4 is 28.5 Å². The standard InChI is InChI=1S/C17H18IN3O2/c1-10(22)21-7-6-14-13(8-21)17(20-19-14)16(15-9-23-15)11-2-4-12(18)5-3-11/h2-5,15-16H,6-9H2,1H3,(H,19,20). The van der Waals surface area contributed by atoms with Crippen molar-refractivity contribution in [2.45, 2.75) is 31.9 Å². The average molecular weight is 423 g/mol. The summed E-state index contributed by atoms with van der Waals surface area (Å²) in [5.41, 5.74) is 4.59. The molecule has 2 aliphatic heterocycles. The molecule has 0 radical (unpaired) electrons. The van der Waals surface area contributed by atoms with Crippen molar-refractivity contribution < 1.29 is 9.53 Å². The number of rotatable bonds is 3. The Morgan fingerprint density at radius 3 is 2.83 bits per heavy atom. The maximum atomic E-state index is 11.7. The lowest BCUT2D eigenvalue weighted by molar-refractivity contribution is -0.129. The van der Waals surface area contributed by atoms with Gasteiger partial charge in [-0.15, -0.1) is 0 Å². The third-order valence-corrected chi connectivity index (χ3v) is 5.38. The highest BCUT2D eigenvalue weighted by atomic mass is 127. The lowest BCUT2D eigenvalue weighted by Crippen LogP contribution is -2.34. The third kappa shape index (κ3) is 2.89. The summed E-state index contributed by atoms with van der Waals surface area (Å²) in [6.45, 7) is 3.81. The summed E-state index contributed by atoms with van der Waals surface area (Å²) in [6.07, 6.45) is 1.03. The minimum Gasteiger partial charge on any atom is -0.372 e. The number of amides is 1. The molecule has 1 fully saturated rings. The largest absolute Gasteiger partial charge is 0.372 e. The lowest BCUT2D eigenvalue weighted by Gasteiger charge is -2.27. The smallest absolute Gasteiger partial charge is 0.219 e. The quantitative estimate of drug-likeness (QED) is 0.610. The Hall–Kier alpha value is -1.41. The summed E-state index contributed by atoms with van der Waals surface area (Å²) in [4.78, 5) is 13.6. The van der Waals surface area contributed by atoms with E-state index in [0.717, 1.165) is 31.0 Å². The number of aromatic amines is 1. The van der Waals surface area contributed by atoms with E-state index in [-0.39, 0.29) is 17.9 Å². The fraction of sp³-hybridized carbons (Fsp3) is 0.412. The molecule has 120 valence electrons. The predicted molar refractivity (Wildman–Crippen MR) is 94.1 cm³/mol. The second kappa shape index (κ2) is 5.90. The number of nitrogens with zero attached hydrogens (tertiary/aromatic N) is 2. The van der Waals surface area contributed by atoms with Crippen LogP contribution in [0.3, 0.4) is 0 Å². The Morgan fingerprint density at radius 2 is 2.17 bits per heavy atom. The second-order valence-electron chi connectivity index (χ2n) is 6.16. The molecule has 1 N–H and O–H groups in total. The molecule has 0 spiro atoms. The first-order valence-electron chi connectivity index (χ1n) is 7.82. The van der Waals surface area contributed by atoms with Crippen molar-refractivity contribution in [3.63, 3.8) is 0 Å². The van der Waals surface area contributed by atoms with E-state index in [4.69, 9.17) is 4.74 Å². The van der Waals surface area contributed by atoms with Crippen LogP contribution in [0, 0.1) is 3.57 Å². The van der Waals surface area contributed by atoms with Gasteiger partial charge in [-0.25, -0.2) is 0 Å². The Bertz CT molecular complexity index is 737. The van der Waals surface area contributed by atoms with Gasteiger partial charge in [0.25, 0.3) is 0 Å². The monoisotopic (exact) mass is 423 g/mol. The molecule has 0 saturated carbocycles. The molecule has 2 unspecified atom stereocenters. The molecule has 0 aliphatic carbocycles. The third-order valence-electron chi connectivity index (χ3n) is 4.67. The summed E-state index contributed by atoms with van der Waals surface area (Å²) in [5, 5.41) is 7.79. The van der Waals surface area contributed by atoms with Gasteiger partial charge in [-0.2, -0.15) is 5.10 Å². The van der Waals surface area contributed by atoms with E-state index < -0.39 is 0 Å². The van der Waals surface area contributed by atoms with E-state index in [9.17, 15) is 4.79 Å². The minimum absolute atomic E-state index is 0.122. The summed E-state index contributed by atoms with van der Waals surface area (Å²) in [6, 6.07) is 8.54. The van der Waals surface area contributed by atoms with Gasteiger partial charge in [0.1, 0.15) is 0 Å². The molecule has 1 aromatic heterocycles. The topological polar surface area (TPSA) is 61.5 Å². The van der Waals surface area contributed by atoms with E-state index in [1.165, 1.54) is 14.7 Å². The Balaban J connectivity index is 1.72. The van der Waals surface area contributed by atoms with E-state index in [1.54, 1.807) is 6.92 Å². The van der Waals surface area contributed by atoms with Crippen LogP contribution in [0.4, 0.5) is 0 Å². The van der Waals surface area contributed by atoms with Gasteiger partial charge in [-0.1, -0.05) is 12.1 Å². The molecular weight excluding hydrogens is 405 g/mol. The van der Waals surface area contributed by atoms with E-state index in [0.29, 0.717) is 6.54 Å². The number of halogens is 1. The zero-order valence-electron chi connectivity index (χ0n) is 12.9. The lowest BCUT2D eigenvalue weighted by atomic mass is 9.88. The molecule has 23 heavy (non-hydrogen) atoms. The van der Waals surface area contributed by atoms with Crippen molar-refractivity contribution in [3.8, 4) is 0 Å². The van der Waals surface area contributed by atoms with Gasteiger partial charge in [0.2, 0.25) is 5.91 Å². The number of aromatic nitrogens is 2. The Morgan fingerprint density at radius 1 is 1.43 bits per heavy atom. The molecule has 6 heteroatoms. The summed E-state index contributed by atoms with van der Waals surface area (Å²) in [5.74, 6) is 0.259. The average Bonchev–Trinajstić information content (AvgIpc) is 3.29. The number of H-pyrrole nitrogens is 1. The summed E-state index contributed by atoms with van der Waals surface area (Å²) < 4.78 is 6.82. The van der Waals surface area contributed by atoms with Crippen LogP contribution in [0.5, 0.6) is 0 Å². The molecule has 2 aliphatic rings. The second-order valence-corrected chi connectivity index (χ2v) is 7.40. The number of ether oxygens (including phenoxy) is 1. The molecule has 1 amide bonds. The number of carbonyl (C=O) groups excluding carboxylic acids is 1. The van der Waals surface area contributed by atoms with Gasteiger partial charge >= 0.3 is 0 Å². The van der Waals surface area contributed by atoms with Crippen molar-refractivity contribution in [3.05, 3.63) is 50.4 Å². The van der Waals surface area contributed by atoms with Crippen LogP contribution >= 0.6 is 22.6 Å². The zero-order chi connectivity index (χ0) is 16.0. The van der Waals surface area contributed by atoms with Gasteiger partial charge < -0.3 is 9.64 Å². The van der Waals surface area contributed by atoms with Crippen LogP contribution in [0.15, 0.2) is 24.3 Å². The first kappa shape index (κ1) is 15.1. The molecule has 1 aromatic carbocycles. The molecule has 2 atom stereocenters. The highest BCUT2D eigenvalue weighted by Gasteiger charge is 2.39. The number of nitrogens with one attached hydrogen (secondary N) is 1. The molecule has 3 heterocycles. The number of epoxide rings is 1. The van der Waals surface area contributed by atoms with E-state index >= 15 is 0 Å². The van der Waals surface area contributed by atoms with Crippen LogP contribution < -0.4 is 0 Å². The molecule has 2 aromatic rings. The molecule has 1 saturated heterocycles. The van der Waals surface area contributed by atoms with E-state index in [1.807, 2.05) is 4.90 Å². The first-order valence-corrected chi connectivity index (χ1v) is 8.90. The van der Waals surface area contributed by atoms with Crippen LogP contribution in [0.1, 0.15) is 35.4 Å². The summed E-state index contributed by atoms with van der Waals surface area (Å²) in [7, 11) is 0. The SMILES string of the molecule is CC(=O)N1CCc2[nH]nc(C(c3ccc(I)cc3)C3CO3)c2C1. The van der Waals surface area contributed by atoms with Gasteiger partial charge in [-0.3, -0.25) is 9.89 Å². The van der Waals surface area contributed by atoms with Crippen LogP contribution in [0.2, 0.25) is 0 Å². The van der Waals surface area contributed by atoms with Crippen LogP contribution in [-0.2, 0) is 22.5 Å². The van der Waals surface area contributed by atoms with Crippen molar-refractivity contribution in [1.82, 2.24) is 15.1 Å². The molecule has 0 bridgehead atoms. The fourth-order valence-corrected chi connectivity index (χ4v) is 3.67.